The number of nitrogens with one attached hydrogen (secondary N) is 2. The number of hydrogen-bond donors (Lipinski definition) is 3. The predicted octanol–water partition coefficient (Wildman–Crippen LogP) is 0.959. The van der Waals surface area contributed by atoms with Crippen LogP contribution in [0.3, 0.4) is 0 Å². The maximum atomic E-state index is 11.9. The van der Waals surface area contributed by atoms with Gasteiger partial charge >= 0.3 is 5.97 Å². The highest BCUT2D eigenvalue weighted by molar-refractivity contribution is 5.95. The lowest BCUT2D eigenvalue weighted by Crippen LogP contribution is -2.29. The van der Waals surface area contributed by atoms with Crippen LogP contribution in [-0.2, 0) is 9.59 Å². The molecule has 0 radical (unpaired) electrons. The SMILES string of the molecule is CNC(=O)CCNC(=O)c1ccc(C)c(/C=C/C(=O)O)c1. The topological polar surface area (TPSA) is 95.5 Å². The minimum atomic E-state index is -1.05. The van der Waals surface area contributed by atoms with E-state index in [-0.39, 0.29) is 24.8 Å². The summed E-state index contributed by atoms with van der Waals surface area (Å²) in [6, 6.07) is 5.02. The molecule has 0 aliphatic heterocycles. The standard InChI is InChI=1S/C15H18N2O4/c1-10-3-4-12(9-11(10)5-6-14(19)20)15(21)17-8-7-13(18)16-2/h3-6,9H,7-8H2,1-2H3,(H,16,18)(H,17,21)(H,19,20)/b6-5+. The molecule has 0 spiro atoms. The lowest BCUT2D eigenvalue weighted by atomic mass is 10.0. The Morgan fingerprint density at radius 2 is 2.00 bits per heavy atom. The van der Waals surface area contributed by atoms with E-state index in [9.17, 15) is 14.4 Å². The van der Waals surface area contributed by atoms with Gasteiger partial charge in [-0.25, -0.2) is 4.79 Å². The quantitative estimate of drug-likeness (QED) is 0.680. The molecule has 0 bridgehead atoms. The van der Waals surface area contributed by atoms with Crippen LogP contribution in [0.5, 0.6) is 0 Å². The fourth-order valence-corrected chi connectivity index (χ4v) is 1.64. The number of benzene rings is 1. The van der Waals surface area contributed by atoms with Gasteiger partial charge in [0.2, 0.25) is 5.91 Å². The second-order valence-corrected chi connectivity index (χ2v) is 4.42. The Balaban J connectivity index is 2.74. The van der Waals surface area contributed by atoms with Crippen LogP contribution in [0, 0.1) is 6.92 Å². The van der Waals surface area contributed by atoms with Gasteiger partial charge < -0.3 is 15.7 Å². The van der Waals surface area contributed by atoms with Crippen LogP contribution in [0.1, 0.15) is 27.9 Å². The molecule has 1 aromatic carbocycles. The van der Waals surface area contributed by atoms with E-state index < -0.39 is 5.97 Å². The van der Waals surface area contributed by atoms with Gasteiger partial charge in [-0.15, -0.1) is 0 Å². The summed E-state index contributed by atoms with van der Waals surface area (Å²) in [5.41, 5.74) is 1.95. The second kappa shape index (κ2) is 7.84. The molecule has 1 aromatic rings. The van der Waals surface area contributed by atoms with E-state index in [2.05, 4.69) is 10.6 Å². The molecule has 2 amide bonds. The normalized spacial score (nSPS) is 10.4. The molecule has 0 aliphatic carbocycles. The second-order valence-electron chi connectivity index (χ2n) is 4.42. The summed E-state index contributed by atoms with van der Waals surface area (Å²) >= 11 is 0. The number of amides is 2. The summed E-state index contributed by atoms with van der Waals surface area (Å²) in [6.45, 7) is 2.07. The van der Waals surface area contributed by atoms with E-state index in [0.29, 0.717) is 11.1 Å². The summed E-state index contributed by atoms with van der Waals surface area (Å²) in [4.78, 5) is 33.5. The lowest BCUT2D eigenvalue weighted by molar-refractivity contribution is -0.131. The molecule has 6 nitrogen and oxygen atoms in total. The molecule has 3 N–H and O–H groups in total. The number of carbonyl (C=O) groups excluding carboxylic acids is 2. The zero-order valence-corrected chi connectivity index (χ0v) is 12.0. The molecule has 0 heterocycles. The van der Waals surface area contributed by atoms with E-state index in [4.69, 9.17) is 5.11 Å². The fourth-order valence-electron chi connectivity index (χ4n) is 1.64. The van der Waals surface area contributed by atoms with Crippen LogP contribution in [0.4, 0.5) is 0 Å². The van der Waals surface area contributed by atoms with Crippen LogP contribution in [-0.4, -0.2) is 36.5 Å². The lowest BCUT2D eigenvalue weighted by Gasteiger charge is -2.07. The fraction of sp³-hybridized carbons (Fsp3) is 0.267. The summed E-state index contributed by atoms with van der Waals surface area (Å²) in [7, 11) is 1.53. The number of aryl methyl sites for hydroxylation is 1. The van der Waals surface area contributed by atoms with Crippen molar-refractivity contribution >= 4 is 23.9 Å². The van der Waals surface area contributed by atoms with Gasteiger partial charge in [-0.2, -0.15) is 0 Å². The van der Waals surface area contributed by atoms with Crippen LogP contribution in [0.2, 0.25) is 0 Å². The van der Waals surface area contributed by atoms with Crippen molar-refractivity contribution in [1.82, 2.24) is 10.6 Å². The van der Waals surface area contributed by atoms with Crippen LogP contribution >= 0.6 is 0 Å². The van der Waals surface area contributed by atoms with Crippen LogP contribution < -0.4 is 10.6 Å². The number of rotatable bonds is 6. The average Bonchev–Trinajstić information content (AvgIpc) is 2.45. The summed E-state index contributed by atoms with van der Waals surface area (Å²) in [5.74, 6) is -1.50. The van der Waals surface area contributed by atoms with Crippen molar-refractivity contribution in [2.75, 3.05) is 13.6 Å². The first-order valence-electron chi connectivity index (χ1n) is 6.44. The smallest absolute Gasteiger partial charge is 0.328 e. The first-order valence-corrected chi connectivity index (χ1v) is 6.44. The van der Waals surface area contributed by atoms with Crippen LogP contribution in [0.25, 0.3) is 6.08 Å². The third-order valence-corrected chi connectivity index (χ3v) is 2.86. The van der Waals surface area contributed by atoms with Gasteiger partial charge in [0, 0.05) is 31.7 Å². The Hall–Kier alpha value is -2.63. The molecule has 0 unspecified atom stereocenters. The first-order chi connectivity index (χ1) is 9.93. The van der Waals surface area contributed by atoms with Crippen molar-refractivity contribution in [2.45, 2.75) is 13.3 Å². The minimum Gasteiger partial charge on any atom is -0.478 e. The molecule has 112 valence electrons. The number of aliphatic carboxylic acids is 1. The highest BCUT2D eigenvalue weighted by Gasteiger charge is 2.07. The molecule has 0 aliphatic rings. The van der Waals surface area contributed by atoms with E-state index in [1.165, 1.54) is 13.1 Å². The monoisotopic (exact) mass is 290 g/mol. The van der Waals surface area contributed by atoms with Gasteiger partial charge in [-0.3, -0.25) is 9.59 Å². The molecule has 0 atom stereocenters. The zero-order chi connectivity index (χ0) is 15.8. The van der Waals surface area contributed by atoms with E-state index in [0.717, 1.165) is 11.6 Å². The number of hydrogen-bond acceptors (Lipinski definition) is 3. The molecular formula is C15H18N2O4. The molecule has 0 saturated carbocycles. The van der Waals surface area contributed by atoms with Gasteiger partial charge in [-0.1, -0.05) is 6.07 Å². The van der Waals surface area contributed by atoms with Crippen molar-refractivity contribution < 1.29 is 19.5 Å². The molecule has 0 fully saturated rings. The molecule has 1 rings (SSSR count). The van der Waals surface area contributed by atoms with Gasteiger partial charge in [0.05, 0.1) is 0 Å². The first kappa shape index (κ1) is 16.4. The largest absolute Gasteiger partial charge is 0.478 e. The highest BCUT2D eigenvalue weighted by atomic mass is 16.4. The van der Waals surface area contributed by atoms with Crippen LogP contribution in [0.15, 0.2) is 24.3 Å². The van der Waals surface area contributed by atoms with Crippen molar-refractivity contribution in [3.8, 4) is 0 Å². The summed E-state index contributed by atoms with van der Waals surface area (Å²) < 4.78 is 0. The molecule has 0 aromatic heterocycles. The Bertz CT molecular complexity index is 579. The maximum absolute atomic E-state index is 11.9. The molecule has 0 saturated heterocycles. The minimum absolute atomic E-state index is 0.149. The highest BCUT2D eigenvalue weighted by Crippen LogP contribution is 2.13. The van der Waals surface area contributed by atoms with Crippen molar-refractivity contribution in [1.29, 1.82) is 0 Å². The van der Waals surface area contributed by atoms with E-state index in [1.54, 1.807) is 18.2 Å². The average molecular weight is 290 g/mol. The third kappa shape index (κ3) is 5.48. The summed E-state index contributed by atoms with van der Waals surface area (Å²) in [6.07, 6.45) is 2.68. The number of carboxylic acids is 1. The number of carboxylic acid groups (broad SMARTS) is 1. The third-order valence-electron chi connectivity index (χ3n) is 2.86. The zero-order valence-electron chi connectivity index (χ0n) is 12.0. The molecule has 21 heavy (non-hydrogen) atoms. The van der Waals surface area contributed by atoms with Gasteiger partial charge in [0.25, 0.3) is 5.91 Å². The molecular weight excluding hydrogens is 272 g/mol. The van der Waals surface area contributed by atoms with Crippen molar-refractivity contribution in [2.24, 2.45) is 0 Å². The van der Waals surface area contributed by atoms with Gasteiger partial charge in [-0.05, 0) is 36.3 Å². The molecule has 6 heteroatoms. The van der Waals surface area contributed by atoms with Gasteiger partial charge in [0.1, 0.15) is 0 Å². The Morgan fingerprint density at radius 1 is 1.29 bits per heavy atom. The van der Waals surface area contributed by atoms with Crippen molar-refractivity contribution in [3.05, 3.63) is 41.0 Å². The Kier molecular flexibility index (Phi) is 6.13. The maximum Gasteiger partial charge on any atom is 0.328 e. The van der Waals surface area contributed by atoms with Gasteiger partial charge in [0.15, 0.2) is 0 Å². The predicted molar refractivity (Wildman–Crippen MR) is 78.9 cm³/mol. The summed E-state index contributed by atoms with van der Waals surface area (Å²) in [5, 5.41) is 13.7. The van der Waals surface area contributed by atoms with E-state index >= 15 is 0 Å². The Labute approximate surface area is 122 Å². The van der Waals surface area contributed by atoms with E-state index in [1.807, 2.05) is 6.92 Å². The van der Waals surface area contributed by atoms with Crippen molar-refractivity contribution in [3.63, 3.8) is 0 Å². The number of carbonyl (C=O) groups is 3. The Morgan fingerprint density at radius 3 is 2.62 bits per heavy atom.